The van der Waals surface area contributed by atoms with Crippen LogP contribution in [0.25, 0.3) is 22.1 Å². The van der Waals surface area contributed by atoms with Gasteiger partial charge in [0.2, 0.25) is 0 Å². The van der Waals surface area contributed by atoms with Crippen molar-refractivity contribution in [3.63, 3.8) is 0 Å². The van der Waals surface area contributed by atoms with Crippen LogP contribution in [0.5, 0.6) is 0 Å². The molecule has 0 spiro atoms. The summed E-state index contributed by atoms with van der Waals surface area (Å²) in [6.07, 6.45) is 0. The third-order valence-corrected chi connectivity index (χ3v) is 6.66. The largest absolute Gasteiger partial charge is 0.422 e. The van der Waals surface area contributed by atoms with Crippen molar-refractivity contribution in [1.29, 1.82) is 0 Å². The van der Waals surface area contributed by atoms with Crippen LogP contribution in [0.1, 0.15) is 15.9 Å². The summed E-state index contributed by atoms with van der Waals surface area (Å²) in [6, 6.07) is 18.6. The first-order valence-electron chi connectivity index (χ1n) is 12.2. The molecule has 0 radical (unpaired) electrons. The van der Waals surface area contributed by atoms with Crippen molar-refractivity contribution >= 4 is 51.3 Å². The molecule has 1 aromatic heterocycles. The molecule has 11 heteroatoms. The monoisotopic (exact) mass is 544 g/mol. The number of anilines is 2. The highest BCUT2D eigenvalue weighted by atomic mass is 32.1. The molecule has 1 aliphatic heterocycles. The molecule has 1 fully saturated rings. The number of aryl methyl sites for hydroxylation is 1. The number of fused-ring (bicyclic) bond motifs is 1. The van der Waals surface area contributed by atoms with Crippen molar-refractivity contribution in [3.8, 4) is 11.1 Å². The molecule has 0 saturated carbocycles. The molecule has 1 aliphatic rings. The molecule has 0 aliphatic carbocycles. The highest BCUT2D eigenvalue weighted by molar-refractivity contribution is 7.80. The van der Waals surface area contributed by atoms with Crippen molar-refractivity contribution in [2.45, 2.75) is 6.92 Å². The maximum Gasteiger partial charge on any atom is 0.344 e. The third kappa shape index (κ3) is 5.64. The van der Waals surface area contributed by atoms with E-state index in [1.54, 1.807) is 36.4 Å². The van der Waals surface area contributed by atoms with E-state index in [-0.39, 0.29) is 16.4 Å². The van der Waals surface area contributed by atoms with Gasteiger partial charge in [-0.15, -0.1) is 0 Å². The van der Waals surface area contributed by atoms with Gasteiger partial charge in [-0.25, -0.2) is 4.79 Å². The molecule has 10 nitrogen and oxygen atoms in total. The Balaban J connectivity index is 1.39. The SMILES string of the molecule is Cc1ccc(-c2cc3ccccc3oc2=O)cc1NC(=S)NC(=O)c1cc([N+](=O)[O-])ccc1N1CCOCC1. The molecule has 1 saturated heterocycles. The first-order chi connectivity index (χ1) is 18.8. The van der Waals surface area contributed by atoms with Crippen LogP contribution in [-0.2, 0) is 4.74 Å². The number of non-ortho nitro benzene ring substituents is 1. The van der Waals surface area contributed by atoms with Gasteiger partial charge in [-0.3, -0.25) is 20.2 Å². The zero-order chi connectivity index (χ0) is 27.5. The van der Waals surface area contributed by atoms with E-state index in [2.05, 4.69) is 10.6 Å². The number of para-hydroxylation sites is 1. The molecule has 4 aromatic rings. The normalized spacial score (nSPS) is 13.2. The summed E-state index contributed by atoms with van der Waals surface area (Å²) in [5.74, 6) is -0.582. The van der Waals surface area contributed by atoms with Crippen LogP contribution in [0.3, 0.4) is 0 Å². The van der Waals surface area contributed by atoms with Crippen LogP contribution in [0, 0.1) is 17.0 Å². The van der Waals surface area contributed by atoms with E-state index in [1.807, 2.05) is 30.0 Å². The first-order valence-corrected chi connectivity index (χ1v) is 12.6. The maximum absolute atomic E-state index is 13.3. The van der Waals surface area contributed by atoms with Gasteiger partial charge in [0.05, 0.1) is 35.0 Å². The lowest BCUT2D eigenvalue weighted by atomic mass is 10.0. The number of morpholine rings is 1. The highest BCUT2D eigenvalue weighted by Crippen LogP contribution is 2.28. The Bertz CT molecular complexity index is 1660. The lowest BCUT2D eigenvalue weighted by molar-refractivity contribution is -0.384. The number of hydrogen-bond acceptors (Lipinski definition) is 8. The number of hydrogen-bond donors (Lipinski definition) is 2. The van der Waals surface area contributed by atoms with Crippen LogP contribution < -0.4 is 21.2 Å². The molecular weight excluding hydrogens is 520 g/mol. The number of thiocarbonyl (C=S) groups is 1. The van der Waals surface area contributed by atoms with E-state index in [1.165, 1.54) is 12.1 Å². The van der Waals surface area contributed by atoms with Crippen LogP contribution >= 0.6 is 12.2 Å². The standard InChI is InChI=1S/C28H24N4O6S/c1-17-6-7-18(21-14-19-4-2-3-5-25(19)38-27(21)34)15-23(17)29-28(39)30-26(33)22-16-20(32(35)36)8-9-24(22)31-10-12-37-13-11-31/h2-9,14-16H,10-13H2,1H3,(H2,29,30,33,39). The summed E-state index contributed by atoms with van der Waals surface area (Å²) < 4.78 is 10.9. The Morgan fingerprint density at radius 2 is 1.82 bits per heavy atom. The summed E-state index contributed by atoms with van der Waals surface area (Å²) in [5.41, 5.74) is 2.93. The zero-order valence-electron chi connectivity index (χ0n) is 20.9. The lowest BCUT2D eigenvalue weighted by Crippen LogP contribution is -2.39. The summed E-state index contributed by atoms with van der Waals surface area (Å²) in [5, 5.41) is 17.8. The van der Waals surface area contributed by atoms with Crippen molar-refractivity contribution in [2.75, 3.05) is 36.5 Å². The molecule has 5 rings (SSSR count). The van der Waals surface area contributed by atoms with Gasteiger partial charge in [0.1, 0.15) is 5.58 Å². The van der Waals surface area contributed by atoms with Crippen molar-refractivity contribution < 1.29 is 18.9 Å². The Labute approximate surface area is 228 Å². The van der Waals surface area contributed by atoms with Crippen LogP contribution in [0.2, 0.25) is 0 Å². The molecule has 2 N–H and O–H groups in total. The summed E-state index contributed by atoms with van der Waals surface area (Å²) in [6.45, 7) is 3.94. The predicted octanol–water partition coefficient (Wildman–Crippen LogP) is 4.64. The topological polar surface area (TPSA) is 127 Å². The second kappa shape index (κ2) is 11.0. The van der Waals surface area contributed by atoms with Gasteiger partial charge in [-0.05, 0) is 54.5 Å². The number of benzene rings is 3. The lowest BCUT2D eigenvalue weighted by Gasteiger charge is -2.30. The molecule has 2 heterocycles. The Morgan fingerprint density at radius 3 is 2.59 bits per heavy atom. The van der Waals surface area contributed by atoms with E-state index in [4.69, 9.17) is 21.4 Å². The number of carbonyl (C=O) groups is 1. The maximum atomic E-state index is 13.3. The van der Waals surface area contributed by atoms with Crippen LogP contribution in [0.4, 0.5) is 17.1 Å². The minimum atomic E-state index is -0.582. The van der Waals surface area contributed by atoms with E-state index in [0.29, 0.717) is 54.4 Å². The molecule has 0 atom stereocenters. The van der Waals surface area contributed by atoms with Gasteiger partial charge in [0.25, 0.3) is 11.6 Å². The Kier molecular flexibility index (Phi) is 7.35. The van der Waals surface area contributed by atoms with Gasteiger partial charge < -0.3 is 19.4 Å². The van der Waals surface area contributed by atoms with Gasteiger partial charge in [-0.2, -0.15) is 0 Å². The number of ether oxygens (including phenoxy) is 1. The fraction of sp³-hybridized carbons (Fsp3) is 0.179. The number of rotatable bonds is 5. The van der Waals surface area contributed by atoms with Crippen molar-refractivity contribution in [2.24, 2.45) is 0 Å². The van der Waals surface area contributed by atoms with Gasteiger partial charge >= 0.3 is 5.63 Å². The number of nitro benzene ring substituents is 1. The summed E-state index contributed by atoms with van der Waals surface area (Å²) in [7, 11) is 0. The average Bonchev–Trinajstić information content (AvgIpc) is 2.94. The Hall–Kier alpha value is -4.61. The Morgan fingerprint density at radius 1 is 1.05 bits per heavy atom. The van der Waals surface area contributed by atoms with Crippen LogP contribution in [-0.4, -0.2) is 42.2 Å². The minimum Gasteiger partial charge on any atom is -0.422 e. The molecule has 39 heavy (non-hydrogen) atoms. The number of carbonyl (C=O) groups excluding carboxylic acids is 1. The van der Waals surface area contributed by atoms with E-state index < -0.39 is 16.5 Å². The second-order valence-corrected chi connectivity index (χ2v) is 9.39. The second-order valence-electron chi connectivity index (χ2n) is 8.98. The zero-order valence-corrected chi connectivity index (χ0v) is 21.7. The van der Waals surface area contributed by atoms with E-state index in [9.17, 15) is 19.7 Å². The third-order valence-electron chi connectivity index (χ3n) is 6.45. The van der Waals surface area contributed by atoms with Crippen molar-refractivity contribution in [3.05, 3.63) is 98.4 Å². The first kappa shape index (κ1) is 26.0. The average molecular weight is 545 g/mol. The van der Waals surface area contributed by atoms with Gasteiger partial charge in [-0.1, -0.05) is 30.3 Å². The van der Waals surface area contributed by atoms with Gasteiger partial charge in [0.15, 0.2) is 5.11 Å². The molecule has 3 aromatic carbocycles. The number of nitrogens with one attached hydrogen (secondary N) is 2. The fourth-order valence-corrected chi connectivity index (χ4v) is 4.61. The molecule has 0 bridgehead atoms. The van der Waals surface area contributed by atoms with E-state index >= 15 is 0 Å². The molecular formula is C28H24N4O6S. The van der Waals surface area contributed by atoms with Crippen molar-refractivity contribution in [1.82, 2.24) is 5.32 Å². The summed E-state index contributed by atoms with van der Waals surface area (Å²) in [4.78, 5) is 38.7. The van der Waals surface area contributed by atoms with E-state index in [0.717, 1.165) is 10.9 Å². The number of nitro groups is 1. The summed E-state index contributed by atoms with van der Waals surface area (Å²) >= 11 is 5.41. The molecule has 198 valence electrons. The van der Waals surface area contributed by atoms with Crippen LogP contribution in [0.15, 0.2) is 75.9 Å². The predicted molar refractivity (Wildman–Crippen MR) is 152 cm³/mol. The quantitative estimate of drug-likeness (QED) is 0.160. The number of nitrogens with zero attached hydrogens (tertiary/aromatic N) is 2. The fourth-order valence-electron chi connectivity index (χ4n) is 4.41. The smallest absolute Gasteiger partial charge is 0.344 e. The highest BCUT2D eigenvalue weighted by Gasteiger charge is 2.23. The molecule has 1 amide bonds. The van der Waals surface area contributed by atoms with Gasteiger partial charge in [0, 0.05) is 36.3 Å². The number of amides is 1. The minimum absolute atomic E-state index is 0.00484. The molecule has 0 unspecified atom stereocenters.